The van der Waals surface area contributed by atoms with Crippen LogP contribution in [0, 0.1) is 0 Å². The van der Waals surface area contributed by atoms with Gasteiger partial charge in [0.2, 0.25) is 11.7 Å². The van der Waals surface area contributed by atoms with E-state index in [9.17, 15) is 0 Å². The number of aromatic nitrogens is 2. The fourth-order valence-corrected chi connectivity index (χ4v) is 2.80. The van der Waals surface area contributed by atoms with Gasteiger partial charge in [0.25, 0.3) is 0 Å². The first-order chi connectivity index (χ1) is 11.2. The van der Waals surface area contributed by atoms with Crippen molar-refractivity contribution in [1.29, 1.82) is 0 Å². The Bertz CT molecular complexity index is 612. The zero-order valence-electron chi connectivity index (χ0n) is 13.7. The van der Waals surface area contributed by atoms with E-state index in [2.05, 4.69) is 22.0 Å². The third kappa shape index (κ3) is 4.22. The Morgan fingerprint density at radius 2 is 2.00 bits per heavy atom. The Morgan fingerprint density at radius 1 is 1.22 bits per heavy atom. The third-order valence-corrected chi connectivity index (χ3v) is 4.22. The summed E-state index contributed by atoms with van der Waals surface area (Å²) in [4.78, 5) is 6.81. The second-order valence-corrected chi connectivity index (χ2v) is 5.88. The fourth-order valence-electron chi connectivity index (χ4n) is 2.80. The summed E-state index contributed by atoms with van der Waals surface area (Å²) in [6.07, 6.45) is 3.79. The number of likely N-dealkylation sites (tertiary alicyclic amines) is 1. The molecule has 1 aromatic carbocycles. The topological polar surface area (TPSA) is 60.6 Å². The molecule has 0 saturated carbocycles. The van der Waals surface area contributed by atoms with Gasteiger partial charge in [-0.3, -0.25) is 4.90 Å². The van der Waals surface area contributed by atoms with Crippen molar-refractivity contribution in [1.82, 2.24) is 15.0 Å². The maximum Gasteiger partial charge on any atom is 0.240 e. The zero-order valence-corrected chi connectivity index (χ0v) is 13.7. The minimum atomic E-state index is 0.297. The predicted molar refractivity (Wildman–Crippen MR) is 85.3 cm³/mol. The molecule has 2 aromatic rings. The van der Waals surface area contributed by atoms with E-state index < -0.39 is 0 Å². The first-order valence-corrected chi connectivity index (χ1v) is 8.07. The maximum absolute atomic E-state index is 5.66. The van der Waals surface area contributed by atoms with Crippen LogP contribution in [0.4, 0.5) is 0 Å². The van der Waals surface area contributed by atoms with Gasteiger partial charge in [0.05, 0.1) is 13.7 Å². The molecule has 1 atom stereocenters. The first-order valence-electron chi connectivity index (χ1n) is 8.07. The minimum Gasteiger partial charge on any atom is -0.497 e. The Kier molecular flexibility index (Phi) is 5.12. The maximum atomic E-state index is 5.66. The summed E-state index contributed by atoms with van der Waals surface area (Å²) in [6.45, 7) is 4.37. The van der Waals surface area contributed by atoms with Crippen molar-refractivity contribution in [3.8, 4) is 11.5 Å². The normalized spacial score (nSPS) is 18.8. The van der Waals surface area contributed by atoms with E-state index >= 15 is 0 Å². The smallest absolute Gasteiger partial charge is 0.240 e. The first kappa shape index (κ1) is 15.8. The molecule has 0 N–H and O–H groups in total. The lowest BCUT2D eigenvalue weighted by atomic mass is 10.0. The number of nitrogens with zero attached hydrogens (tertiary/aromatic N) is 3. The van der Waals surface area contributed by atoms with E-state index in [1.165, 1.54) is 19.3 Å². The second kappa shape index (κ2) is 7.46. The van der Waals surface area contributed by atoms with Crippen LogP contribution < -0.4 is 9.47 Å². The molecule has 0 aliphatic carbocycles. The predicted octanol–water partition coefficient (Wildman–Crippen LogP) is 3.03. The number of hydrogen-bond donors (Lipinski definition) is 0. The summed E-state index contributed by atoms with van der Waals surface area (Å²) in [7, 11) is 1.64. The Balaban J connectivity index is 1.52. The molecular formula is C17H23N3O3. The van der Waals surface area contributed by atoms with Crippen molar-refractivity contribution < 1.29 is 14.0 Å². The molecule has 1 aliphatic heterocycles. The average Bonchev–Trinajstić information content (AvgIpc) is 3.03. The molecule has 0 bridgehead atoms. The van der Waals surface area contributed by atoms with Crippen molar-refractivity contribution in [3.63, 3.8) is 0 Å². The summed E-state index contributed by atoms with van der Waals surface area (Å²) >= 11 is 0. The van der Waals surface area contributed by atoms with E-state index in [1.807, 2.05) is 24.3 Å². The molecule has 2 heterocycles. The monoisotopic (exact) mass is 317 g/mol. The van der Waals surface area contributed by atoms with Crippen LogP contribution in [0.3, 0.4) is 0 Å². The quantitative estimate of drug-likeness (QED) is 0.816. The fraction of sp³-hybridized carbons (Fsp3) is 0.529. The SMILES string of the molecule is COc1ccc(OCc2noc(CN3CCCC[C@H]3C)n2)cc1. The minimum absolute atomic E-state index is 0.297. The Morgan fingerprint density at radius 3 is 2.74 bits per heavy atom. The summed E-state index contributed by atoms with van der Waals surface area (Å²) in [6, 6.07) is 8.00. The molecule has 23 heavy (non-hydrogen) atoms. The Hall–Kier alpha value is -2.08. The van der Waals surface area contributed by atoms with Crippen molar-refractivity contribution in [2.45, 2.75) is 45.4 Å². The number of rotatable bonds is 6. The summed E-state index contributed by atoms with van der Waals surface area (Å²) in [5.41, 5.74) is 0. The molecular weight excluding hydrogens is 294 g/mol. The number of hydrogen-bond acceptors (Lipinski definition) is 6. The van der Waals surface area contributed by atoms with Gasteiger partial charge in [0, 0.05) is 6.04 Å². The van der Waals surface area contributed by atoms with Crippen LogP contribution in [0.5, 0.6) is 11.5 Å². The zero-order chi connectivity index (χ0) is 16.1. The highest BCUT2D eigenvalue weighted by atomic mass is 16.5. The van der Waals surface area contributed by atoms with Gasteiger partial charge < -0.3 is 14.0 Å². The summed E-state index contributed by atoms with van der Waals surface area (Å²) in [5.74, 6) is 2.78. The van der Waals surface area contributed by atoms with Gasteiger partial charge >= 0.3 is 0 Å². The van der Waals surface area contributed by atoms with Crippen LogP contribution >= 0.6 is 0 Å². The highest BCUT2D eigenvalue weighted by molar-refractivity contribution is 5.31. The van der Waals surface area contributed by atoms with Crippen molar-refractivity contribution in [2.24, 2.45) is 0 Å². The van der Waals surface area contributed by atoms with Gasteiger partial charge in [-0.05, 0) is 50.6 Å². The third-order valence-electron chi connectivity index (χ3n) is 4.22. The van der Waals surface area contributed by atoms with Gasteiger partial charge in [0.15, 0.2) is 6.61 Å². The van der Waals surface area contributed by atoms with Gasteiger partial charge in [0.1, 0.15) is 11.5 Å². The van der Waals surface area contributed by atoms with Crippen LogP contribution in [0.25, 0.3) is 0 Å². The van der Waals surface area contributed by atoms with Crippen LogP contribution in [-0.4, -0.2) is 34.7 Å². The van der Waals surface area contributed by atoms with Gasteiger partial charge in [-0.25, -0.2) is 0 Å². The lowest BCUT2D eigenvalue weighted by Gasteiger charge is -2.31. The average molecular weight is 317 g/mol. The molecule has 124 valence electrons. The molecule has 0 radical (unpaired) electrons. The number of benzene rings is 1. The second-order valence-electron chi connectivity index (χ2n) is 5.88. The van der Waals surface area contributed by atoms with Crippen LogP contribution in [0.2, 0.25) is 0 Å². The molecule has 1 aliphatic rings. The van der Waals surface area contributed by atoms with Gasteiger partial charge in [-0.2, -0.15) is 4.98 Å². The van der Waals surface area contributed by atoms with E-state index in [0.29, 0.717) is 24.4 Å². The molecule has 0 unspecified atom stereocenters. The van der Waals surface area contributed by atoms with E-state index in [0.717, 1.165) is 24.6 Å². The van der Waals surface area contributed by atoms with E-state index in [1.54, 1.807) is 7.11 Å². The highest BCUT2D eigenvalue weighted by Crippen LogP contribution is 2.19. The largest absolute Gasteiger partial charge is 0.497 e. The molecule has 6 heteroatoms. The van der Waals surface area contributed by atoms with Crippen molar-refractivity contribution >= 4 is 0 Å². The lowest BCUT2D eigenvalue weighted by Crippen LogP contribution is -2.36. The molecule has 3 rings (SSSR count). The molecule has 1 fully saturated rings. The van der Waals surface area contributed by atoms with Crippen LogP contribution in [-0.2, 0) is 13.2 Å². The molecule has 0 spiro atoms. The highest BCUT2D eigenvalue weighted by Gasteiger charge is 2.20. The lowest BCUT2D eigenvalue weighted by molar-refractivity contribution is 0.135. The van der Waals surface area contributed by atoms with E-state index in [-0.39, 0.29) is 0 Å². The summed E-state index contributed by atoms with van der Waals surface area (Å²) < 4.78 is 16.1. The standard InChI is InChI=1S/C17H23N3O3/c1-13-5-3-4-10-20(13)11-17-18-16(19-23-17)12-22-15-8-6-14(21-2)7-9-15/h6-9,13H,3-5,10-12H2,1-2H3/t13-/m1/s1. The molecule has 1 saturated heterocycles. The number of methoxy groups -OCH3 is 1. The number of ether oxygens (including phenoxy) is 2. The molecule has 0 amide bonds. The van der Waals surface area contributed by atoms with Crippen LogP contribution in [0.15, 0.2) is 28.8 Å². The number of piperidine rings is 1. The Labute approximate surface area is 136 Å². The molecule has 1 aromatic heterocycles. The van der Waals surface area contributed by atoms with Crippen molar-refractivity contribution in [3.05, 3.63) is 36.0 Å². The van der Waals surface area contributed by atoms with E-state index in [4.69, 9.17) is 14.0 Å². The molecule has 6 nitrogen and oxygen atoms in total. The summed E-state index contributed by atoms with van der Waals surface area (Å²) in [5, 5.41) is 3.99. The van der Waals surface area contributed by atoms with Gasteiger partial charge in [-0.1, -0.05) is 11.6 Å². The van der Waals surface area contributed by atoms with Gasteiger partial charge in [-0.15, -0.1) is 0 Å². The van der Waals surface area contributed by atoms with Crippen molar-refractivity contribution in [2.75, 3.05) is 13.7 Å². The van der Waals surface area contributed by atoms with Crippen LogP contribution in [0.1, 0.15) is 37.9 Å².